The van der Waals surface area contributed by atoms with Gasteiger partial charge in [0.1, 0.15) is 15.9 Å². The second-order valence-electron chi connectivity index (χ2n) is 6.60. The Morgan fingerprint density at radius 2 is 0.812 bits per heavy atom. The van der Waals surface area contributed by atoms with Crippen LogP contribution in [0, 0.1) is 0 Å². The zero-order valence-corrected chi connectivity index (χ0v) is 22.4. The minimum atomic E-state index is -2.61. The van der Waals surface area contributed by atoms with E-state index in [0.29, 0.717) is 0 Å². The van der Waals surface area contributed by atoms with E-state index in [1.54, 1.807) is 0 Å². The average molecular weight is 587 g/mol. The molecule has 0 fully saturated rings. The Kier molecular flexibility index (Phi) is 9.62. The third kappa shape index (κ3) is 7.29. The number of hydrogen-bond donors (Lipinski definition) is 1. The topological polar surface area (TPSA) is 12.0 Å². The molecule has 8 heteroatoms. The van der Waals surface area contributed by atoms with Crippen molar-refractivity contribution in [3.05, 3.63) is 120 Å². The first-order chi connectivity index (χ1) is 15.3. The maximum absolute atomic E-state index is 6.12. The first kappa shape index (κ1) is 25.7. The molecular formula is C24H20Cl5FeNP+. The molecule has 0 aliphatic heterocycles. The van der Waals surface area contributed by atoms with Crippen molar-refractivity contribution in [3.63, 3.8) is 0 Å². The molecule has 0 aromatic heterocycles. The van der Waals surface area contributed by atoms with E-state index in [4.69, 9.17) is 52.0 Å². The van der Waals surface area contributed by atoms with Crippen molar-refractivity contribution in [1.29, 1.82) is 0 Å². The van der Waals surface area contributed by atoms with Gasteiger partial charge >= 0.3 is 49.6 Å². The summed E-state index contributed by atoms with van der Waals surface area (Å²) in [5.74, 6) is 0. The summed E-state index contributed by atoms with van der Waals surface area (Å²) in [4.78, 5) is 0. The molecule has 0 spiro atoms. The van der Waals surface area contributed by atoms with Gasteiger partial charge in [-0.2, -0.15) is 0 Å². The summed E-state index contributed by atoms with van der Waals surface area (Å²) in [5, 5.41) is 8.53. The number of rotatable bonds is 5. The van der Waals surface area contributed by atoms with Crippen LogP contribution in [0.25, 0.3) is 0 Å². The zero-order valence-electron chi connectivity index (χ0n) is 16.7. The number of nitrogens with one attached hydrogen (secondary N) is 1. The van der Waals surface area contributed by atoms with E-state index in [2.05, 4.69) is 96.1 Å². The third-order valence-electron chi connectivity index (χ3n) is 4.57. The molecule has 32 heavy (non-hydrogen) atoms. The van der Waals surface area contributed by atoms with Crippen LogP contribution < -0.4 is 21.0 Å². The quantitative estimate of drug-likeness (QED) is 0.183. The standard InChI is InChI=1S/C24H20ClNP.4ClH.Fe/c25-20-16-18-21(19-17-20)26-27(22-10-4-1-5-11-22,23-12-6-2-7-13-23)24-14-8-3-9-15-24;;;;;/h1-19,26H;4*1H;/q+1;;;;;+4/p-4. The van der Waals surface area contributed by atoms with Gasteiger partial charge in [0.25, 0.3) is 0 Å². The molecule has 0 atom stereocenters. The van der Waals surface area contributed by atoms with Crippen molar-refractivity contribution < 1.29 is 9.20 Å². The molecule has 0 amide bonds. The SMILES string of the molecule is Clc1ccc(N[P+](c2ccccc2)(c2ccccc2)c2ccccc2)cc1.[Cl][Fe]([Cl])([Cl])[Cl]. The predicted molar refractivity (Wildman–Crippen MR) is 144 cm³/mol. The first-order valence-electron chi connectivity index (χ1n) is 9.42. The second kappa shape index (κ2) is 12.0. The Labute approximate surface area is 214 Å². The van der Waals surface area contributed by atoms with Crippen LogP contribution in [0.2, 0.25) is 5.02 Å². The Hall–Kier alpha value is -0.921. The molecule has 0 aliphatic carbocycles. The fourth-order valence-electron chi connectivity index (χ4n) is 3.31. The molecule has 4 rings (SSSR count). The van der Waals surface area contributed by atoms with Gasteiger partial charge in [-0.25, -0.2) is 5.09 Å². The van der Waals surface area contributed by atoms with Crippen LogP contribution in [0.15, 0.2) is 115 Å². The van der Waals surface area contributed by atoms with Gasteiger partial charge in [-0.3, -0.25) is 0 Å². The van der Waals surface area contributed by atoms with Gasteiger partial charge in [0.2, 0.25) is 0 Å². The van der Waals surface area contributed by atoms with Gasteiger partial charge in [-0.05, 0) is 60.7 Å². The van der Waals surface area contributed by atoms with E-state index in [9.17, 15) is 0 Å². The van der Waals surface area contributed by atoms with E-state index in [1.807, 2.05) is 24.3 Å². The van der Waals surface area contributed by atoms with Crippen LogP contribution in [0.5, 0.6) is 0 Å². The van der Waals surface area contributed by atoms with Crippen LogP contribution >= 0.6 is 59.4 Å². The van der Waals surface area contributed by atoms with Crippen molar-refractivity contribution in [2.75, 3.05) is 5.09 Å². The molecule has 168 valence electrons. The van der Waals surface area contributed by atoms with Gasteiger partial charge in [0.05, 0.1) is 5.69 Å². The normalized spacial score (nSPS) is 11.8. The molecule has 0 radical (unpaired) electrons. The molecule has 0 aliphatic rings. The number of halogens is 5. The van der Waals surface area contributed by atoms with Crippen LogP contribution in [0.3, 0.4) is 0 Å². The number of benzene rings is 4. The fraction of sp³-hybridized carbons (Fsp3) is 0. The zero-order chi connectivity index (χ0) is 23.0. The van der Waals surface area contributed by atoms with Crippen molar-refractivity contribution in [1.82, 2.24) is 0 Å². The summed E-state index contributed by atoms with van der Waals surface area (Å²) < 4.78 is 0. The summed E-state index contributed by atoms with van der Waals surface area (Å²) in [6, 6.07) is 40.1. The Morgan fingerprint density at radius 1 is 0.500 bits per heavy atom. The number of anilines is 1. The third-order valence-corrected chi connectivity index (χ3v) is 8.64. The molecule has 4 aromatic carbocycles. The molecule has 0 bridgehead atoms. The Morgan fingerprint density at radius 3 is 1.12 bits per heavy atom. The maximum atomic E-state index is 6.12. The van der Waals surface area contributed by atoms with E-state index in [-0.39, 0.29) is 0 Å². The minimum absolute atomic E-state index is 0.739. The van der Waals surface area contributed by atoms with E-state index in [0.717, 1.165) is 10.7 Å². The predicted octanol–water partition coefficient (Wildman–Crippen LogP) is 8.42. The fourth-order valence-corrected chi connectivity index (χ4v) is 7.12. The van der Waals surface area contributed by atoms with Gasteiger partial charge < -0.3 is 0 Å². The molecule has 1 N–H and O–H groups in total. The first-order valence-corrected chi connectivity index (χ1v) is 17.7. The summed E-state index contributed by atoms with van der Waals surface area (Å²) >= 11 is 6.12. The van der Waals surface area contributed by atoms with E-state index in [1.165, 1.54) is 15.9 Å². The summed E-state index contributed by atoms with van der Waals surface area (Å²) in [5.41, 5.74) is 1.06. The average Bonchev–Trinajstić information content (AvgIpc) is 2.79. The molecule has 0 saturated carbocycles. The molecule has 0 unspecified atom stereocenters. The number of hydrogen-bond acceptors (Lipinski definition) is 1. The molecule has 1 nitrogen and oxygen atoms in total. The van der Waals surface area contributed by atoms with Crippen LogP contribution in [-0.4, -0.2) is 0 Å². The van der Waals surface area contributed by atoms with E-state index >= 15 is 0 Å². The van der Waals surface area contributed by atoms with Gasteiger partial charge in [0, 0.05) is 5.02 Å². The van der Waals surface area contributed by atoms with Crippen molar-refractivity contribution >= 4 is 81.0 Å². The summed E-state index contributed by atoms with van der Waals surface area (Å²) in [7, 11) is 15.1. The van der Waals surface area contributed by atoms with Crippen molar-refractivity contribution in [2.45, 2.75) is 0 Å². The van der Waals surface area contributed by atoms with Gasteiger partial charge in [-0.15, -0.1) is 0 Å². The van der Waals surface area contributed by atoms with Crippen LogP contribution in [-0.2, 0) is 9.20 Å². The molecule has 0 saturated heterocycles. The van der Waals surface area contributed by atoms with Crippen LogP contribution in [0.1, 0.15) is 0 Å². The monoisotopic (exact) mass is 584 g/mol. The Balaban J connectivity index is 0.000000523. The van der Waals surface area contributed by atoms with Gasteiger partial charge in [0.15, 0.2) is 7.41 Å². The van der Waals surface area contributed by atoms with Gasteiger partial charge in [-0.1, -0.05) is 66.2 Å². The summed E-state index contributed by atoms with van der Waals surface area (Å²) in [6.45, 7) is 0. The van der Waals surface area contributed by atoms with E-state index < -0.39 is 16.6 Å². The molecule has 0 heterocycles. The molecular weight excluding hydrogens is 566 g/mol. The molecule has 4 aromatic rings. The summed E-state index contributed by atoms with van der Waals surface area (Å²) in [6.07, 6.45) is 0. The van der Waals surface area contributed by atoms with Crippen molar-refractivity contribution in [2.24, 2.45) is 0 Å². The van der Waals surface area contributed by atoms with Crippen LogP contribution in [0.4, 0.5) is 5.69 Å². The second-order valence-corrected chi connectivity index (χ2v) is 21.1. The van der Waals surface area contributed by atoms with Crippen molar-refractivity contribution in [3.8, 4) is 0 Å². The Bertz CT molecular complexity index is 989.